The van der Waals surface area contributed by atoms with E-state index in [4.69, 9.17) is 9.15 Å². The summed E-state index contributed by atoms with van der Waals surface area (Å²) < 4.78 is 10.7. The zero-order valence-electron chi connectivity index (χ0n) is 13.9. The Kier molecular flexibility index (Phi) is 3.71. The number of carbonyl (C=O) groups is 3. The lowest BCUT2D eigenvalue weighted by Gasteiger charge is -2.16. The van der Waals surface area contributed by atoms with E-state index in [1.54, 1.807) is 30.0 Å². The van der Waals surface area contributed by atoms with Crippen LogP contribution in [0.5, 0.6) is 0 Å². The van der Waals surface area contributed by atoms with Crippen LogP contribution >= 0.6 is 0 Å². The lowest BCUT2D eigenvalue weighted by molar-refractivity contribution is -0.125. The summed E-state index contributed by atoms with van der Waals surface area (Å²) in [5, 5.41) is 0.705. The first kappa shape index (κ1) is 15.7. The van der Waals surface area contributed by atoms with Crippen molar-refractivity contribution in [3.05, 3.63) is 35.6 Å². The van der Waals surface area contributed by atoms with Crippen molar-refractivity contribution in [3.63, 3.8) is 0 Å². The van der Waals surface area contributed by atoms with Crippen LogP contribution in [0.4, 0.5) is 4.79 Å². The molecular weight excluding hydrogens is 324 g/mol. The third-order valence-electron chi connectivity index (χ3n) is 4.55. The number of imide groups is 1. The summed E-state index contributed by atoms with van der Waals surface area (Å²) >= 11 is 0. The van der Waals surface area contributed by atoms with Gasteiger partial charge in [-0.05, 0) is 25.8 Å². The van der Waals surface area contributed by atoms with Crippen LogP contribution in [0.2, 0.25) is 0 Å². The number of furan rings is 1. The van der Waals surface area contributed by atoms with Crippen molar-refractivity contribution in [1.29, 1.82) is 0 Å². The summed E-state index contributed by atoms with van der Waals surface area (Å²) in [6.45, 7) is 2.04. The Labute approximate surface area is 144 Å². The molecule has 1 aromatic carbocycles. The zero-order valence-corrected chi connectivity index (χ0v) is 13.9. The highest BCUT2D eigenvalue weighted by molar-refractivity contribution is 6.03. The van der Waals surface area contributed by atoms with Crippen LogP contribution in [-0.4, -0.2) is 46.9 Å². The number of urea groups is 1. The molecule has 1 aliphatic carbocycles. The number of para-hydroxylation sites is 1. The van der Waals surface area contributed by atoms with E-state index >= 15 is 0 Å². The molecule has 25 heavy (non-hydrogen) atoms. The number of esters is 1. The lowest BCUT2D eigenvalue weighted by Crippen LogP contribution is -2.34. The molecule has 7 nitrogen and oxygen atoms in total. The minimum atomic E-state index is -0.591. The molecule has 2 aliphatic rings. The summed E-state index contributed by atoms with van der Waals surface area (Å²) in [6, 6.07) is 7.04. The molecule has 0 N–H and O–H groups in total. The molecule has 130 valence electrons. The van der Waals surface area contributed by atoms with Gasteiger partial charge in [-0.3, -0.25) is 9.69 Å². The minimum Gasteiger partial charge on any atom is -0.460 e. The molecule has 0 spiro atoms. The van der Waals surface area contributed by atoms with E-state index in [2.05, 4.69) is 0 Å². The van der Waals surface area contributed by atoms with Gasteiger partial charge in [0.25, 0.3) is 5.91 Å². The fourth-order valence-corrected chi connectivity index (χ4v) is 3.16. The van der Waals surface area contributed by atoms with Crippen molar-refractivity contribution in [2.45, 2.75) is 32.4 Å². The number of carbonyl (C=O) groups excluding carboxylic acids is 3. The Morgan fingerprint density at radius 3 is 2.76 bits per heavy atom. The number of benzene rings is 1. The average Bonchev–Trinajstić information content (AvgIpc) is 3.32. The summed E-state index contributed by atoms with van der Waals surface area (Å²) in [5.74, 6) is -0.794. The van der Waals surface area contributed by atoms with E-state index in [-0.39, 0.29) is 43.4 Å². The maximum Gasteiger partial charge on any atom is 0.374 e. The molecule has 2 fully saturated rings. The molecule has 7 heteroatoms. The SMILES string of the molecule is CCOC(=O)c1oc2ccccc2c1CN1C(=O)CN(C2CC2)C1=O. The number of nitrogens with zero attached hydrogens (tertiary/aromatic N) is 2. The van der Waals surface area contributed by atoms with Crippen molar-refractivity contribution in [3.8, 4) is 0 Å². The fourth-order valence-electron chi connectivity index (χ4n) is 3.16. The standard InChI is InChI=1S/C18H18N2O5/c1-2-24-17(22)16-13(12-5-3-4-6-14(12)25-16)9-20-15(21)10-19(18(20)23)11-7-8-11/h3-6,11H,2,7-10H2,1H3. The maximum absolute atomic E-state index is 12.6. The third kappa shape index (κ3) is 2.65. The highest BCUT2D eigenvalue weighted by atomic mass is 16.5. The molecular formula is C18H18N2O5. The van der Waals surface area contributed by atoms with Crippen molar-refractivity contribution < 1.29 is 23.5 Å². The monoisotopic (exact) mass is 342 g/mol. The van der Waals surface area contributed by atoms with Crippen LogP contribution in [0.25, 0.3) is 11.0 Å². The molecule has 0 atom stereocenters. The highest BCUT2D eigenvalue weighted by Gasteiger charge is 2.44. The van der Waals surface area contributed by atoms with Gasteiger partial charge in [-0.1, -0.05) is 18.2 Å². The third-order valence-corrected chi connectivity index (χ3v) is 4.55. The van der Waals surface area contributed by atoms with Crippen LogP contribution in [0.15, 0.2) is 28.7 Å². The highest BCUT2D eigenvalue weighted by Crippen LogP contribution is 2.33. The number of hydrogen-bond acceptors (Lipinski definition) is 5. The largest absolute Gasteiger partial charge is 0.460 e. The second-order valence-corrected chi connectivity index (χ2v) is 6.25. The van der Waals surface area contributed by atoms with Gasteiger partial charge in [0.05, 0.1) is 13.2 Å². The number of hydrogen-bond donors (Lipinski definition) is 0. The first-order valence-corrected chi connectivity index (χ1v) is 8.38. The van der Waals surface area contributed by atoms with E-state index in [9.17, 15) is 14.4 Å². The second-order valence-electron chi connectivity index (χ2n) is 6.25. The molecule has 1 saturated carbocycles. The van der Waals surface area contributed by atoms with Crippen molar-refractivity contribution in [2.24, 2.45) is 0 Å². The van der Waals surface area contributed by atoms with Gasteiger partial charge in [0.15, 0.2) is 0 Å². The van der Waals surface area contributed by atoms with E-state index < -0.39 is 5.97 Å². The van der Waals surface area contributed by atoms with Gasteiger partial charge in [0, 0.05) is 17.0 Å². The van der Waals surface area contributed by atoms with Crippen molar-refractivity contribution in [2.75, 3.05) is 13.2 Å². The van der Waals surface area contributed by atoms with Crippen LogP contribution in [0, 0.1) is 0 Å². The second kappa shape index (κ2) is 5.91. The molecule has 0 radical (unpaired) electrons. The normalized spacial score (nSPS) is 17.6. The number of fused-ring (bicyclic) bond motifs is 1. The maximum atomic E-state index is 12.6. The van der Waals surface area contributed by atoms with Gasteiger partial charge >= 0.3 is 12.0 Å². The summed E-state index contributed by atoms with van der Waals surface area (Å²) in [4.78, 5) is 39.9. The molecule has 1 saturated heterocycles. The lowest BCUT2D eigenvalue weighted by atomic mass is 10.1. The fraction of sp³-hybridized carbons (Fsp3) is 0.389. The molecule has 0 bridgehead atoms. The molecule has 2 aromatic rings. The van der Waals surface area contributed by atoms with Gasteiger partial charge in [-0.2, -0.15) is 0 Å². The van der Waals surface area contributed by atoms with E-state index in [1.165, 1.54) is 4.90 Å². The van der Waals surface area contributed by atoms with Gasteiger partial charge in [0.2, 0.25) is 5.76 Å². The zero-order chi connectivity index (χ0) is 17.6. The van der Waals surface area contributed by atoms with Crippen LogP contribution in [0.3, 0.4) is 0 Å². The van der Waals surface area contributed by atoms with Gasteiger partial charge in [-0.25, -0.2) is 9.59 Å². The minimum absolute atomic E-state index is 0.00600. The Morgan fingerprint density at radius 2 is 2.04 bits per heavy atom. The van der Waals surface area contributed by atoms with E-state index in [0.717, 1.165) is 12.8 Å². The quantitative estimate of drug-likeness (QED) is 0.616. The van der Waals surface area contributed by atoms with Gasteiger partial charge in [0.1, 0.15) is 12.1 Å². The summed E-state index contributed by atoms with van der Waals surface area (Å²) in [6.07, 6.45) is 1.88. The number of ether oxygens (including phenoxy) is 1. The Balaban J connectivity index is 1.70. The van der Waals surface area contributed by atoms with Crippen LogP contribution < -0.4 is 0 Å². The Hall–Kier alpha value is -2.83. The van der Waals surface area contributed by atoms with Crippen LogP contribution in [0.1, 0.15) is 35.9 Å². The van der Waals surface area contributed by atoms with E-state index in [1.807, 2.05) is 6.07 Å². The average molecular weight is 342 g/mol. The molecule has 3 amide bonds. The van der Waals surface area contributed by atoms with Crippen LogP contribution in [-0.2, 0) is 16.1 Å². The van der Waals surface area contributed by atoms with Crippen molar-refractivity contribution in [1.82, 2.24) is 9.80 Å². The first-order valence-electron chi connectivity index (χ1n) is 8.38. The number of amides is 3. The predicted molar refractivity (Wildman–Crippen MR) is 87.8 cm³/mol. The summed E-state index contributed by atoms with van der Waals surface area (Å²) in [7, 11) is 0. The number of rotatable bonds is 5. The predicted octanol–water partition coefficient (Wildman–Crippen LogP) is 2.54. The van der Waals surface area contributed by atoms with Gasteiger partial charge < -0.3 is 14.1 Å². The van der Waals surface area contributed by atoms with Crippen molar-refractivity contribution >= 4 is 28.9 Å². The first-order chi connectivity index (χ1) is 12.1. The molecule has 2 heterocycles. The summed E-state index contributed by atoms with van der Waals surface area (Å²) in [5.41, 5.74) is 1.03. The van der Waals surface area contributed by atoms with E-state index in [0.29, 0.717) is 16.5 Å². The van der Waals surface area contributed by atoms with Gasteiger partial charge in [-0.15, -0.1) is 0 Å². The topological polar surface area (TPSA) is 80.1 Å². The Morgan fingerprint density at radius 1 is 1.28 bits per heavy atom. The molecule has 4 rings (SSSR count). The molecule has 1 aliphatic heterocycles. The molecule has 0 unspecified atom stereocenters. The molecule has 1 aromatic heterocycles. The smallest absolute Gasteiger partial charge is 0.374 e. The Bertz CT molecular complexity index is 867.